The Labute approximate surface area is 183 Å². The number of thioether (sulfide) groups is 1. The average Bonchev–Trinajstić information content (AvgIpc) is 3.16. The van der Waals surface area contributed by atoms with Gasteiger partial charge in [0.05, 0.1) is 14.2 Å². The van der Waals surface area contributed by atoms with E-state index in [2.05, 4.69) is 10.2 Å². The Balaban J connectivity index is 2.00. The van der Waals surface area contributed by atoms with Crippen LogP contribution in [-0.4, -0.2) is 40.1 Å². The Morgan fingerprint density at radius 2 is 1.90 bits per heavy atom. The summed E-state index contributed by atoms with van der Waals surface area (Å²) in [5.41, 5.74) is 1.43. The molecule has 0 spiro atoms. The smallest absolute Gasteiger partial charge is 0.342 e. The van der Waals surface area contributed by atoms with E-state index in [1.54, 1.807) is 37.4 Å². The molecular weight excluding hydrogens is 426 g/mol. The van der Waals surface area contributed by atoms with Crippen LogP contribution in [0.1, 0.15) is 12.5 Å². The normalized spacial score (nSPS) is 11.4. The van der Waals surface area contributed by atoms with Crippen LogP contribution in [0.15, 0.2) is 52.5 Å². The lowest BCUT2D eigenvalue weighted by Crippen LogP contribution is -2.03. The van der Waals surface area contributed by atoms with Crippen molar-refractivity contribution in [3.63, 3.8) is 0 Å². The van der Waals surface area contributed by atoms with Gasteiger partial charge in [-0.2, -0.15) is 0 Å². The highest BCUT2D eigenvalue weighted by Crippen LogP contribution is 2.33. The number of rotatable bonds is 8. The predicted octanol–water partition coefficient (Wildman–Crippen LogP) is 4.85. The summed E-state index contributed by atoms with van der Waals surface area (Å²) in [5, 5.41) is 19.3. The number of aliphatic carboxylic acids is 1. The first-order valence-electron chi connectivity index (χ1n) is 9.00. The number of nitrogens with zero attached hydrogens (tertiary/aromatic N) is 3. The largest absolute Gasteiger partial charge is 0.497 e. The van der Waals surface area contributed by atoms with E-state index in [-0.39, 0.29) is 4.91 Å². The summed E-state index contributed by atoms with van der Waals surface area (Å²) in [6.45, 7) is 2.52. The van der Waals surface area contributed by atoms with Gasteiger partial charge in [-0.3, -0.25) is 0 Å². The van der Waals surface area contributed by atoms with Gasteiger partial charge in [0.2, 0.25) is 0 Å². The second-order valence-electron chi connectivity index (χ2n) is 6.08. The Morgan fingerprint density at radius 3 is 2.50 bits per heavy atom. The van der Waals surface area contributed by atoms with Crippen molar-refractivity contribution in [3.05, 3.63) is 58.0 Å². The minimum absolute atomic E-state index is 0.0753. The highest BCUT2D eigenvalue weighted by molar-refractivity contribution is 8.04. The Morgan fingerprint density at radius 1 is 1.17 bits per heavy atom. The van der Waals surface area contributed by atoms with Crippen LogP contribution < -0.4 is 9.47 Å². The molecule has 156 valence electrons. The SMILES string of the molecule is CCn1c(S/C(=C\c2cc(OC)ccc2OC)C(=O)O)nnc1-c1ccc(Cl)cc1. The van der Waals surface area contributed by atoms with E-state index in [0.717, 1.165) is 17.3 Å². The molecule has 1 N–H and O–H groups in total. The third-order valence-electron chi connectivity index (χ3n) is 4.27. The summed E-state index contributed by atoms with van der Waals surface area (Å²) in [6.07, 6.45) is 1.53. The number of ether oxygens (including phenoxy) is 2. The number of methoxy groups -OCH3 is 2. The Bertz CT molecular complexity index is 1080. The lowest BCUT2D eigenvalue weighted by Gasteiger charge is -2.10. The van der Waals surface area contributed by atoms with Crippen LogP contribution in [-0.2, 0) is 11.3 Å². The van der Waals surface area contributed by atoms with Crippen LogP contribution in [0, 0.1) is 0 Å². The van der Waals surface area contributed by atoms with Crippen LogP contribution in [0.5, 0.6) is 11.5 Å². The molecule has 3 aromatic rings. The molecule has 0 saturated heterocycles. The molecular formula is C21H20ClN3O4S. The monoisotopic (exact) mass is 445 g/mol. The van der Waals surface area contributed by atoms with E-state index in [4.69, 9.17) is 21.1 Å². The van der Waals surface area contributed by atoms with Crippen molar-refractivity contribution < 1.29 is 19.4 Å². The molecule has 9 heteroatoms. The third kappa shape index (κ3) is 4.77. The molecule has 30 heavy (non-hydrogen) atoms. The van der Waals surface area contributed by atoms with Gasteiger partial charge in [0.1, 0.15) is 16.4 Å². The second kappa shape index (κ2) is 9.69. The molecule has 0 bridgehead atoms. The highest BCUT2D eigenvalue weighted by Gasteiger charge is 2.19. The van der Waals surface area contributed by atoms with E-state index in [1.807, 2.05) is 23.6 Å². The Hall–Kier alpha value is -2.97. The molecule has 0 unspecified atom stereocenters. The van der Waals surface area contributed by atoms with Crippen molar-refractivity contribution in [3.8, 4) is 22.9 Å². The predicted molar refractivity (Wildman–Crippen MR) is 117 cm³/mol. The fraction of sp³-hybridized carbons (Fsp3) is 0.190. The van der Waals surface area contributed by atoms with Crippen molar-refractivity contribution in [2.45, 2.75) is 18.6 Å². The van der Waals surface area contributed by atoms with Crippen LogP contribution in [0.3, 0.4) is 0 Å². The zero-order chi connectivity index (χ0) is 21.7. The van der Waals surface area contributed by atoms with Crippen LogP contribution >= 0.6 is 23.4 Å². The first-order chi connectivity index (χ1) is 14.5. The van der Waals surface area contributed by atoms with Gasteiger partial charge in [-0.05, 0) is 67.2 Å². The van der Waals surface area contributed by atoms with Crippen molar-refractivity contribution in [2.24, 2.45) is 0 Å². The zero-order valence-corrected chi connectivity index (χ0v) is 18.2. The molecule has 0 aliphatic carbocycles. The first kappa shape index (κ1) is 21.7. The van der Waals surface area contributed by atoms with Crippen LogP contribution in [0.25, 0.3) is 17.5 Å². The van der Waals surface area contributed by atoms with E-state index in [1.165, 1.54) is 13.2 Å². The highest BCUT2D eigenvalue weighted by atomic mass is 35.5. The summed E-state index contributed by atoms with van der Waals surface area (Å²) in [4.78, 5) is 12.0. The molecule has 0 saturated carbocycles. The summed E-state index contributed by atoms with van der Waals surface area (Å²) >= 11 is 6.99. The lowest BCUT2D eigenvalue weighted by molar-refractivity contribution is -0.131. The molecule has 2 aromatic carbocycles. The maximum atomic E-state index is 11.9. The van der Waals surface area contributed by atoms with E-state index in [0.29, 0.717) is 39.6 Å². The molecule has 3 rings (SSSR count). The number of benzene rings is 2. The van der Waals surface area contributed by atoms with Crippen LogP contribution in [0.4, 0.5) is 0 Å². The van der Waals surface area contributed by atoms with Gasteiger partial charge in [-0.25, -0.2) is 4.79 Å². The number of aromatic nitrogens is 3. The molecule has 0 amide bonds. The lowest BCUT2D eigenvalue weighted by atomic mass is 10.1. The van der Waals surface area contributed by atoms with E-state index in [9.17, 15) is 9.90 Å². The van der Waals surface area contributed by atoms with Crippen molar-refractivity contribution in [1.82, 2.24) is 14.8 Å². The molecule has 0 radical (unpaired) electrons. The van der Waals surface area contributed by atoms with Gasteiger partial charge in [-0.15, -0.1) is 10.2 Å². The number of carboxylic acids is 1. The first-order valence-corrected chi connectivity index (χ1v) is 10.2. The van der Waals surface area contributed by atoms with Gasteiger partial charge < -0.3 is 19.1 Å². The molecule has 7 nitrogen and oxygen atoms in total. The van der Waals surface area contributed by atoms with Gasteiger partial charge in [0.15, 0.2) is 11.0 Å². The fourth-order valence-corrected chi connectivity index (χ4v) is 3.79. The van der Waals surface area contributed by atoms with Gasteiger partial charge in [-0.1, -0.05) is 11.6 Å². The van der Waals surface area contributed by atoms with Gasteiger partial charge in [0, 0.05) is 22.7 Å². The second-order valence-corrected chi connectivity index (χ2v) is 7.53. The Kier molecular flexibility index (Phi) is 7.02. The molecule has 1 heterocycles. The molecule has 0 aliphatic heterocycles. The maximum Gasteiger partial charge on any atom is 0.342 e. The van der Waals surface area contributed by atoms with Gasteiger partial charge in [0.25, 0.3) is 0 Å². The number of carboxylic acid groups (broad SMARTS) is 1. The van der Waals surface area contributed by atoms with E-state index >= 15 is 0 Å². The molecule has 0 atom stereocenters. The maximum absolute atomic E-state index is 11.9. The number of hydrogen-bond donors (Lipinski definition) is 1. The standard InChI is InChI=1S/C21H20ClN3O4S/c1-4-25-19(13-5-7-15(22)8-6-13)23-24-21(25)30-18(20(26)27)12-14-11-16(28-2)9-10-17(14)29-3/h5-12H,4H2,1-3H3,(H,26,27)/b18-12-. The number of hydrogen-bond acceptors (Lipinski definition) is 6. The van der Waals surface area contributed by atoms with E-state index < -0.39 is 5.97 Å². The summed E-state index contributed by atoms with van der Waals surface area (Å²) in [7, 11) is 3.07. The van der Waals surface area contributed by atoms with Crippen molar-refractivity contribution in [1.29, 1.82) is 0 Å². The van der Waals surface area contributed by atoms with Crippen LogP contribution in [0.2, 0.25) is 5.02 Å². The molecule has 1 aromatic heterocycles. The average molecular weight is 446 g/mol. The van der Waals surface area contributed by atoms with Crippen molar-refractivity contribution >= 4 is 35.4 Å². The third-order valence-corrected chi connectivity index (χ3v) is 5.52. The van der Waals surface area contributed by atoms with Crippen molar-refractivity contribution in [2.75, 3.05) is 14.2 Å². The minimum Gasteiger partial charge on any atom is -0.497 e. The fourth-order valence-electron chi connectivity index (χ4n) is 2.79. The molecule has 0 aliphatic rings. The number of carbonyl (C=O) groups is 1. The number of halogens is 1. The molecule has 0 fully saturated rings. The minimum atomic E-state index is -1.08. The zero-order valence-electron chi connectivity index (χ0n) is 16.6. The summed E-state index contributed by atoms with van der Waals surface area (Å²) in [5.74, 6) is 0.691. The van der Waals surface area contributed by atoms with Gasteiger partial charge >= 0.3 is 5.97 Å². The topological polar surface area (TPSA) is 86.5 Å². The summed E-state index contributed by atoms with van der Waals surface area (Å²) < 4.78 is 12.4. The summed E-state index contributed by atoms with van der Waals surface area (Å²) in [6, 6.07) is 12.4. The quantitative estimate of drug-likeness (QED) is 0.391.